The van der Waals surface area contributed by atoms with E-state index in [1.165, 1.54) is 19.0 Å². The molecule has 0 spiro atoms. The Kier molecular flexibility index (Phi) is 4.71. The van der Waals surface area contributed by atoms with Gasteiger partial charge in [0.1, 0.15) is 5.00 Å². The Hall–Kier alpha value is -1.39. The number of nitrogens with zero attached hydrogens (tertiary/aromatic N) is 3. The number of nitrogens with one attached hydrogen (secondary N) is 1. The number of rotatable bonds is 5. The molecule has 0 saturated heterocycles. The van der Waals surface area contributed by atoms with Crippen LogP contribution < -0.4 is 11.1 Å². The molecule has 19 heavy (non-hydrogen) atoms. The Balaban J connectivity index is 3.03. The minimum atomic E-state index is -3.69. The SMILES string of the molecule is CN(C)C(=O)CNc1snc(N)c1S(=O)(=O)N(C)C. The van der Waals surface area contributed by atoms with E-state index in [4.69, 9.17) is 5.73 Å². The molecular formula is C9H17N5O3S2. The fourth-order valence-corrected chi connectivity index (χ4v) is 3.22. The van der Waals surface area contributed by atoms with Gasteiger partial charge < -0.3 is 16.0 Å². The molecule has 1 rings (SSSR count). The lowest BCUT2D eigenvalue weighted by molar-refractivity contribution is -0.126. The van der Waals surface area contributed by atoms with E-state index in [2.05, 4.69) is 9.69 Å². The maximum Gasteiger partial charge on any atom is 0.249 e. The molecule has 0 aliphatic carbocycles. The molecule has 0 aliphatic rings. The zero-order valence-electron chi connectivity index (χ0n) is 11.2. The van der Waals surface area contributed by atoms with Crippen LogP contribution in [-0.4, -0.2) is 62.6 Å². The standard InChI is InChI=1S/C9H17N5O3S2/c1-13(2)6(15)5-11-9-7(8(10)12-18-9)19(16,17)14(3)4/h11H,5H2,1-4H3,(H2,10,12). The van der Waals surface area contributed by atoms with Gasteiger partial charge in [-0.05, 0) is 11.5 Å². The Bertz CT molecular complexity index is 564. The van der Waals surface area contributed by atoms with Gasteiger partial charge in [-0.3, -0.25) is 4.79 Å². The molecule has 0 unspecified atom stereocenters. The summed E-state index contributed by atoms with van der Waals surface area (Å²) in [6.07, 6.45) is 0. The number of carbonyl (C=O) groups excluding carboxylic acids is 1. The molecule has 1 aromatic heterocycles. The molecule has 8 nitrogen and oxygen atoms in total. The van der Waals surface area contributed by atoms with Gasteiger partial charge >= 0.3 is 0 Å². The van der Waals surface area contributed by atoms with Crippen molar-refractivity contribution in [3.63, 3.8) is 0 Å². The normalized spacial score (nSPS) is 11.6. The van der Waals surface area contributed by atoms with E-state index in [0.717, 1.165) is 15.8 Å². The van der Waals surface area contributed by atoms with Gasteiger partial charge in [-0.2, -0.15) is 4.37 Å². The molecule has 1 amide bonds. The van der Waals surface area contributed by atoms with Crippen LogP contribution in [-0.2, 0) is 14.8 Å². The molecule has 108 valence electrons. The molecule has 1 aromatic rings. The first kappa shape index (κ1) is 15.7. The molecule has 0 bridgehead atoms. The number of likely N-dealkylation sites (N-methyl/N-ethyl adjacent to an activating group) is 1. The highest BCUT2D eigenvalue weighted by molar-refractivity contribution is 7.89. The first-order valence-corrected chi connectivity index (χ1v) is 7.51. The minimum Gasteiger partial charge on any atom is -0.382 e. The van der Waals surface area contributed by atoms with Gasteiger partial charge in [-0.1, -0.05) is 0 Å². The second-order valence-electron chi connectivity index (χ2n) is 4.16. The second kappa shape index (κ2) is 5.72. The van der Waals surface area contributed by atoms with Crippen LogP contribution in [0.4, 0.5) is 10.8 Å². The first-order chi connectivity index (χ1) is 8.67. The van der Waals surface area contributed by atoms with Gasteiger partial charge in [0.25, 0.3) is 0 Å². The Labute approximate surface area is 116 Å². The Morgan fingerprint density at radius 2 is 1.95 bits per heavy atom. The van der Waals surface area contributed by atoms with Crippen molar-refractivity contribution in [3.8, 4) is 0 Å². The highest BCUT2D eigenvalue weighted by Crippen LogP contribution is 2.32. The number of carbonyl (C=O) groups is 1. The molecule has 0 fully saturated rings. The number of amides is 1. The van der Waals surface area contributed by atoms with Crippen LogP contribution in [0.1, 0.15) is 0 Å². The van der Waals surface area contributed by atoms with Crippen LogP contribution in [0.3, 0.4) is 0 Å². The summed E-state index contributed by atoms with van der Waals surface area (Å²) >= 11 is 0.911. The van der Waals surface area contributed by atoms with E-state index in [1.807, 2.05) is 0 Å². The summed E-state index contributed by atoms with van der Waals surface area (Å²) in [5.41, 5.74) is 5.59. The van der Waals surface area contributed by atoms with Crippen LogP contribution in [0.2, 0.25) is 0 Å². The molecule has 10 heteroatoms. The fraction of sp³-hybridized carbons (Fsp3) is 0.556. The number of hydrogen-bond donors (Lipinski definition) is 2. The molecular weight excluding hydrogens is 290 g/mol. The summed E-state index contributed by atoms with van der Waals surface area (Å²) in [6.45, 7) is -0.0232. The lowest BCUT2D eigenvalue weighted by Crippen LogP contribution is -2.29. The molecule has 1 heterocycles. The van der Waals surface area contributed by atoms with Crippen molar-refractivity contribution in [1.82, 2.24) is 13.6 Å². The lowest BCUT2D eigenvalue weighted by atomic mass is 10.5. The van der Waals surface area contributed by atoms with E-state index in [9.17, 15) is 13.2 Å². The maximum atomic E-state index is 12.1. The zero-order chi connectivity index (χ0) is 14.8. The van der Waals surface area contributed by atoms with E-state index in [-0.39, 0.29) is 28.2 Å². The first-order valence-electron chi connectivity index (χ1n) is 5.29. The van der Waals surface area contributed by atoms with Gasteiger partial charge in [-0.15, -0.1) is 0 Å². The van der Waals surface area contributed by atoms with E-state index in [1.54, 1.807) is 14.1 Å². The van der Waals surface area contributed by atoms with Crippen molar-refractivity contribution >= 4 is 38.3 Å². The number of hydrogen-bond acceptors (Lipinski definition) is 7. The van der Waals surface area contributed by atoms with Gasteiger partial charge in [0.05, 0.1) is 6.54 Å². The smallest absolute Gasteiger partial charge is 0.249 e. The third kappa shape index (κ3) is 3.33. The maximum absolute atomic E-state index is 12.1. The average molecular weight is 307 g/mol. The number of aromatic nitrogens is 1. The van der Waals surface area contributed by atoms with Gasteiger partial charge in [-0.25, -0.2) is 12.7 Å². The van der Waals surface area contributed by atoms with Crippen molar-refractivity contribution in [2.75, 3.05) is 45.8 Å². The van der Waals surface area contributed by atoms with Crippen molar-refractivity contribution < 1.29 is 13.2 Å². The van der Waals surface area contributed by atoms with Crippen LogP contribution in [0.25, 0.3) is 0 Å². The van der Waals surface area contributed by atoms with E-state index >= 15 is 0 Å². The van der Waals surface area contributed by atoms with Gasteiger partial charge in [0.2, 0.25) is 15.9 Å². The van der Waals surface area contributed by atoms with Gasteiger partial charge in [0, 0.05) is 28.2 Å². The van der Waals surface area contributed by atoms with Crippen molar-refractivity contribution in [1.29, 1.82) is 0 Å². The van der Waals surface area contributed by atoms with Crippen LogP contribution in [0.15, 0.2) is 4.90 Å². The van der Waals surface area contributed by atoms with Crippen molar-refractivity contribution in [2.45, 2.75) is 4.90 Å². The van der Waals surface area contributed by atoms with E-state index in [0.29, 0.717) is 0 Å². The lowest BCUT2D eigenvalue weighted by Gasteiger charge is -2.14. The summed E-state index contributed by atoms with van der Waals surface area (Å²) in [5.74, 6) is -0.251. The molecule has 0 aliphatic heterocycles. The number of anilines is 2. The molecule has 0 radical (unpaired) electrons. The Morgan fingerprint density at radius 3 is 2.42 bits per heavy atom. The van der Waals surface area contributed by atoms with Crippen LogP contribution in [0, 0.1) is 0 Å². The average Bonchev–Trinajstić information content (AvgIpc) is 2.67. The fourth-order valence-electron chi connectivity index (χ4n) is 1.15. The molecule has 0 atom stereocenters. The number of nitrogen functional groups attached to an aromatic ring is 1. The summed E-state index contributed by atoms with van der Waals surface area (Å²) in [5, 5.41) is 3.02. The van der Waals surface area contributed by atoms with Crippen LogP contribution >= 0.6 is 11.5 Å². The number of sulfonamides is 1. The van der Waals surface area contributed by atoms with Crippen molar-refractivity contribution in [3.05, 3.63) is 0 Å². The predicted molar refractivity (Wildman–Crippen MR) is 74.6 cm³/mol. The summed E-state index contributed by atoms with van der Waals surface area (Å²) in [6, 6.07) is 0. The second-order valence-corrected chi connectivity index (χ2v) is 7.02. The third-order valence-electron chi connectivity index (χ3n) is 2.31. The minimum absolute atomic E-state index is 0.0232. The topological polar surface area (TPSA) is 109 Å². The van der Waals surface area contributed by atoms with E-state index < -0.39 is 10.0 Å². The van der Waals surface area contributed by atoms with Crippen LogP contribution in [0.5, 0.6) is 0 Å². The molecule has 0 aromatic carbocycles. The summed E-state index contributed by atoms with van der Waals surface area (Å²) in [7, 11) is 2.34. The Morgan fingerprint density at radius 1 is 1.37 bits per heavy atom. The monoisotopic (exact) mass is 307 g/mol. The highest BCUT2D eigenvalue weighted by Gasteiger charge is 2.27. The summed E-state index contributed by atoms with van der Waals surface area (Å²) < 4.78 is 29.0. The largest absolute Gasteiger partial charge is 0.382 e. The third-order valence-corrected chi connectivity index (χ3v) is 5.15. The quantitative estimate of drug-likeness (QED) is 0.757. The molecule has 0 saturated carbocycles. The summed E-state index contributed by atoms with van der Waals surface area (Å²) in [4.78, 5) is 12.8. The molecule has 3 N–H and O–H groups in total. The van der Waals surface area contributed by atoms with Gasteiger partial charge in [0.15, 0.2) is 10.7 Å². The number of nitrogens with two attached hydrogens (primary N) is 1. The van der Waals surface area contributed by atoms with Crippen molar-refractivity contribution in [2.24, 2.45) is 0 Å². The zero-order valence-corrected chi connectivity index (χ0v) is 12.8. The predicted octanol–water partition coefficient (Wildman–Crippen LogP) is -0.524. The highest BCUT2D eigenvalue weighted by atomic mass is 32.2.